The van der Waals surface area contributed by atoms with Gasteiger partial charge in [0.1, 0.15) is 17.8 Å². The van der Waals surface area contributed by atoms with Crippen molar-refractivity contribution in [1.29, 1.82) is 0 Å². The van der Waals surface area contributed by atoms with E-state index < -0.39 is 0 Å². The average Bonchev–Trinajstić information content (AvgIpc) is 2.96. The van der Waals surface area contributed by atoms with Crippen LogP contribution in [0.2, 0.25) is 0 Å². The number of nitrogens with zero attached hydrogens (tertiary/aromatic N) is 4. The molecule has 0 saturated heterocycles. The number of nitrogens with one attached hydrogen (secondary N) is 2. The molecule has 1 amide bonds. The summed E-state index contributed by atoms with van der Waals surface area (Å²) in [6.45, 7) is 6.32. The predicted molar refractivity (Wildman–Crippen MR) is 64.9 cm³/mol. The second-order valence-electron chi connectivity index (χ2n) is 4.05. The lowest BCUT2D eigenvalue weighted by Gasteiger charge is -2.11. The van der Waals surface area contributed by atoms with Gasteiger partial charge in [-0.05, 0) is 26.8 Å². The zero-order valence-electron chi connectivity index (χ0n) is 10.6. The Hall–Kier alpha value is -2.18. The lowest BCUT2D eigenvalue weighted by molar-refractivity contribution is 0.0927. The zero-order valence-corrected chi connectivity index (χ0v) is 10.6. The Labute approximate surface area is 105 Å². The number of aromatic nitrogens is 5. The Morgan fingerprint density at radius 2 is 2.39 bits per heavy atom. The summed E-state index contributed by atoms with van der Waals surface area (Å²) in [7, 11) is 0. The first-order valence-corrected chi connectivity index (χ1v) is 5.82. The van der Waals surface area contributed by atoms with Crippen molar-refractivity contribution in [3.05, 3.63) is 29.6 Å². The Balaban J connectivity index is 2.12. The summed E-state index contributed by atoms with van der Waals surface area (Å²) >= 11 is 0. The number of H-pyrrole nitrogens is 1. The van der Waals surface area contributed by atoms with E-state index in [1.165, 1.54) is 6.33 Å². The predicted octanol–water partition coefficient (Wildman–Crippen LogP) is 0.821. The van der Waals surface area contributed by atoms with Gasteiger partial charge in [-0.1, -0.05) is 0 Å². The molecule has 2 heterocycles. The average molecular weight is 248 g/mol. The van der Waals surface area contributed by atoms with Crippen LogP contribution in [-0.2, 0) is 6.54 Å². The number of hydrogen-bond donors (Lipinski definition) is 2. The summed E-state index contributed by atoms with van der Waals surface area (Å²) in [5.74, 6) is 0.462. The first-order chi connectivity index (χ1) is 8.61. The van der Waals surface area contributed by atoms with Gasteiger partial charge in [-0.25, -0.2) is 4.98 Å². The van der Waals surface area contributed by atoms with E-state index in [9.17, 15) is 4.79 Å². The van der Waals surface area contributed by atoms with Gasteiger partial charge in [0.25, 0.3) is 5.91 Å². The van der Waals surface area contributed by atoms with Crippen LogP contribution in [0.1, 0.15) is 41.9 Å². The minimum atomic E-state index is -0.222. The maximum atomic E-state index is 12.1. The van der Waals surface area contributed by atoms with E-state index in [2.05, 4.69) is 25.6 Å². The summed E-state index contributed by atoms with van der Waals surface area (Å²) in [5.41, 5.74) is 1.38. The summed E-state index contributed by atoms with van der Waals surface area (Å²) < 4.78 is 1.68. The molecule has 0 radical (unpaired) electrons. The molecule has 0 saturated carbocycles. The van der Waals surface area contributed by atoms with Gasteiger partial charge < -0.3 is 5.32 Å². The lowest BCUT2D eigenvalue weighted by Crippen LogP contribution is -2.29. The number of amides is 1. The van der Waals surface area contributed by atoms with Crippen molar-refractivity contribution in [2.24, 2.45) is 0 Å². The van der Waals surface area contributed by atoms with Crippen molar-refractivity contribution < 1.29 is 4.79 Å². The summed E-state index contributed by atoms with van der Waals surface area (Å²) in [4.78, 5) is 16.1. The third-order valence-corrected chi connectivity index (χ3v) is 2.63. The molecule has 0 aliphatic rings. The minimum absolute atomic E-state index is 0.165. The fraction of sp³-hybridized carbons (Fsp3) is 0.455. The highest BCUT2D eigenvalue weighted by atomic mass is 16.2. The van der Waals surface area contributed by atoms with Gasteiger partial charge in [-0.3, -0.25) is 14.6 Å². The fourth-order valence-electron chi connectivity index (χ4n) is 1.73. The SMILES string of the molecule is CCn1nc(C)cc1C(=O)NC(C)c1ncn[nH]1. The van der Waals surface area contributed by atoms with Crippen LogP contribution < -0.4 is 5.32 Å². The summed E-state index contributed by atoms with van der Waals surface area (Å²) in [6.07, 6.45) is 1.42. The Morgan fingerprint density at radius 3 is 3.00 bits per heavy atom. The van der Waals surface area contributed by atoms with Crippen LogP contribution in [0.25, 0.3) is 0 Å². The summed E-state index contributed by atoms with van der Waals surface area (Å²) in [6, 6.07) is 1.55. The standard InChI is InChI=1S/C11H16N6O/c1-4-17-9(5-7(2)16-17)11(18)14-8(3)10-12-6-13-15-10/h5-6,8H,4H2,1-3H3,(H,14,18)(H,12,13,15). The number of rotatable bonds is 4. The van der Waals surface area contributed by atoms with Crippen LogP contribution in [0, 0.1) is 6.92 Å². The van der Waals surface area contributed by atoms with Gasteiger partial charge in [0.2, 0.25) is 0 Å². The highest BCUT2D eigenvalue weighted by Crippen LogP contribution is 2.08. The molecule has 0 spiro atoms. The Bertz CT molecular complexity index is 530. The maximum absolute atomic E-state index is 12.1. The van der Waals surface area contributed by atoms with Crippen LogP contribution in [0.15, 0.2) is 12.4 Å². The topological polar surface area (TPSA) is 88.5 Å². The second kappa shape index (κ2) is 4.99. The number of carbonyl (C=O) groups is 1. The molecular weight excluding hydrogens is 232 g/mol. The van der Waals surface area contributed by atoms with Crippen molar-refractivity contribution in [3.63, 3.8) is 0 Å². The molecule has 2 aromatic rings. The van der Waals surface area contributed by atoms with Gasteiger partial charge in [-0.2, -0.15) is 10.2 Å². The van der Waals surface area contributed by atoms with Crippen LogP contribution in [-0.4, -0.2) is 30.9 Å². The first-order valence-electron chi connectivity index (χ1n) is 5.82. The molecule has 96 valence electrons. The third-order valence-electron chi connectivity index (χ3n) is 2.63. The largest absolute Gasteiger partial charge is 0.341 e. The van der Waals surface area contributed by atoms with Gasteiger partial charge >= 0.3 is 0 Å². The van der Waals surface area contributed by atoms with Gasteiger partial charge in [0.15, 0.2) is 0 Å². The molecule has 18 heavy (non-hydrogen) atoms. The first kappa shape index (κ1) is 12.3. The van der Waals surface area contributed by atoms with E-state index in [1.807, 2.05) is 20.8 Å². The van der Waals surface area contributed by atoms with E-state index >= 15 is 0 Å². The zero-order chi connectivity index (χ0) is 13.1. The fourth-order valence-corrected chi connectivity index (χ4v) is 1.73. The third kappa shape index (κ3) is 2.39. The molecule has 2 aromatic heterocycles. The van der Waals surface area contributed by atoms with E-state index in [0.29, 0.717) is 18.1 Å². The van der Waals surface area contributed by atoms with Gasteiger partial charge in [0.05, 0.1) is 11.7 Å². The molecule has 0 bridgehead atoms. The van der Waals surface area contributed by atoms with E-state index in [-0.39, 0.29) is 11.9 Å². The highest BCUT2D eigenvalue weighted by molar-refractivity contribution is 5.92. The molecule has 1 atom stereocenters. The molecule has 1 unspecified atom stereocenters. The minimum Gasteiger partial charge on any atom is -0.341 e. The van der Waals surface area contributed by atoms with Crippen molar-refractivity contribution in [2.75, 3.05) is 0 Å². The Kier molecular flexibility index (Phi) is 3.40. The van der Waals surface area contributed by atoms with Gasteiger partial charge in [-0.15, -0.1) is 0 Å². The molecule has 7 nitrogen and oxygen atoms in total. The lowest BCUT2D eigenvalue weighted by atomic mass is 10.3. The maximum Gasteiger partial charge on any atom is 0.270 e. The van der Waals surface area contributed by atoms with Crippen molar-refractivity contribution in [3.8, 4) is 0 Å². The molecule has 7 heteroatoms. The van der Waals surface area contributed by atoms with E-state index in [0.717, 1.165) is 5.69 Å². The number of hydrogen-bond acceptors (Lipinski definition) is 4. The molecule has 0 aliphatic heterocycles. The molecule has 0 aromatic carbocycles. The molecule has 0 fully saturated rings. The van der Waals surface area contributed by atoms with Crippen LogP contribution in [0.5, 0.6) is 0 Å². The number of aromatic amines is 1. The quantitative estimate of drug-likeness (QED) is 0.838. The van der Waals surface area contributed by atoms with Crippen molar-refractivity contribution in [2.45, 2.75) is 33.4 Å². The molecular formula is C11H16N6O. The number of carbonyl (C=O) groups excluding carboxylic acids is 1. The molecule has 0 aliphatic carbocycles. The van der Waals surface area contributed by atoms with E-state index in [1.54, 1.807) is 10.7 Å². The summed E-state index contributed by atoms with van der Waals surface area (Å²) in [5, 5.41) is 13.6. The second-order valence-corrected chi connectivity index (χ2v) is 4.05. The number of aryl methyl sites for hydroxylation is 2. The van der Waals surface area contributed by atoms with Crippen molar-refractivity contribution >= 4 is 5.91 Å². The molecule has 2 rings (SSSR count). The van der Waals surface area contributed by atoms with Crippen LogP contribution in [0.4, 0.5) is 0 Å². The monoisotopic (exact) mass is 248 g/mol. The normalized spacial score (nSPS) is 12.4. The highest BCUT2D eigenvalue weighted by Gasteiger charge is 2.17. The van der Waals surface area contributed by atoms with Gasteiger partial charge in [0, 0.05) is 6.54 Å². The van der Waals surface area contributed by atoms with Crippen LogP contribution >= 0.6 is 0 Å². The molecule has 2 N–H and O–H groups in total. The Morgan fingerprint density at radius 1 is 1.61 bits per heavy atom. The van der Waals surface area contributed by atoms with Crippen molar-refractivity contribution in [1.82, 2.24) is 30.3 Å². The van der Waals surface area contributed by atoms with E-state index in [4.69, 9.17) is 0 Å². The smallest absolute Gasteiger partial charge is 0.270 e. The van der Waals surface area contributed by atoms with Crippen LogP contribution in [0.3, 0.4) is 0 Å².